The number of nitrogens with zero attached hydrogens (tertiary/aromatic N) is 2. The second kappa shape index (κ2) is 7.92. The third-order valence-electron chi connectivity index (χ3n) is 6.16. The second-order valence-electron chi connectivity index (χ2n) is 8.37. The third-order valence-corrected chi connectivity index (χ3v) is 6.16. The van der Waals surface area contributed by atoms with Crippen molar-refractivity contribution >= 4 is 6.03 Å². The zero-order chi connectivity index (χ0) is 19.6. The number of aromatic nitrogens is 1. The van der Waals surface area contributed by atoms with Crippen LogP contribution >= 0.6 is 0 Å². The zero-order valence-corrected chi connectivity index (χ0v) is 16.7. The number of rotatable bonds is 4. The van der Waals surface area contributed by atoms with E-state index in [9.17, 15) is 4.79 Å². The van der Waals surface area contributed by atoms with E-state index in [2.05, 4.69) is 30.2 Å². The predicted octanol–water partition coefficient (Wildman–Crippen LogP) is 4.10. The zero-order valence-electron chi connectivity index (χ0n) is 16.7. The Kier molecular flexibility index (Phi) is 5.36. The number of ether oxygens (including phenoxy) is 1. The highest BCUT2D eigenvalue weighted by Gasteiger charge is 2.55. The summed E-state index contributed by atoms with van der Waals surface area (Å²) < 4.78 is 5.55. The SMILES string of the molecule is CC(C)C1N(C(=O)NCc2cccc(-c3ccccn3)c2)CC12CCOCC2. The summed E-state index contributed by atoms with van der Waals surface area (Å²) in [6.45, 7) is 7.45. The van der Waals surface area contributed by atoms with Crippen molar-refractivity contribution < 1.29 is 9.53 Å². The van der Waals surface area contributed by atoms with Crippen LogP contribution in [0.5, 0.6) is 0 Å². The molecule has 1 unspecified atom stereocenters. The lowest BCUT2D eigenvalue weighted by atomic mass is 9.63. The standard InChI is InChI=1S/C23H29N3O2/c1-17(2)21-23(9-12-28-13-10-23)16-26(21)22(27)25-15-18-6-5-7-19(14-18)20-8-3-4-11-24-20/h3-8,11,14,17,21H,9-10,12-13,15-16H2,1-2H3,(H,25,27). The maximum Gasteiger partial charge on any atom is 0.317 e. The summed E-state index contributed by atoms with van der Waals surface area (Å²) in [5.41, 5.74) is 3.35. The molecule has 3 heterocycles. The summed E-state index contributed by atoms with van der Waals surface area (Å²) in [7, 11) is 0. The van der Waals surface area contributed by atoms with Gasteiger partial charge < -0.3 is 15.0 Å². The van der Waals surface area contributed by atoms with Crippen LogP contribution in [-0.4, -0.2) is 41.7 Å². The Hall–Kier alpha value is -2.40. The highest BCUT2D eigenvalue weighted by molar-refractivity contribution is 5.76. The summed E-state index contributed by atoms with van der Waals surface area (Å²) in [6, 6.07) is 14.4. The molecule has 1 N–H and O–H groups in total. The maximum absolute atomic E-state index is 12.9. The fourth-order valence-corrected chi connectivity index (χ4v) is 4.90. The minimum atomic E-state index is 0.0408. The van der Waals surface area contributed by atoms with Gasteiger partial charge in [0.15, 0.2) is 0 Å². The fourth-order valence-electron chi connectivity index (χ4n) is 4.90. The quantitative estimate of drug-likeness (QED) is 0.870. The van der Waals surface area contributed by atoms with Gasteiger partial charge in [-0.3, -0.25) is 4.98 Å². The van der Waals surface area contributed by atoms with Gasteiger partial charge in [-0.25, -0.2) is 4.79 Å². The molecule has 2 fully saturated rings. The van der Waals surface area contributed by atoms with Gasteiger partial charge in [-0.1, -0.05) is 38.1 Å². The van der Waals surface area contributed by atoms with Crippen LogP contribution in [0.1, 0.15) is 32.3 Å². The first-order valence-corrected chi connectivity index (χ1v) is 10.2. The van der Waals surface area contributed by atoms with E-state index in [4.69, 9.17) is 4.74 Å². The Morgan fingerprint density at radius 1 is 1.25 bits per heavy atom. The van der Waals surface area contributed by atoms with Gasteiger partial charge in [-0.2, -0.15) is 0 Å². The molecule has 4 rings (SSSR count). The lowest BCUT2D eigenvalue weighted by Gasteiger charge is -2.60. The number of carbonyl (C=O) groups is 1. The Morgan fingerprint density at radius 2 is 2.07 bits per heavy atom. The normalized spacial score (nSPS) is 20.8. The van der Waals surface area contributed by atoms with E-state index >= 15 is 0 Å². The summed E-state index contributed by atoms with van der Waals surface area (Å²) in [5, 5.41) is 3.12. The molecule has 2 aromatic rings. The number of carbonyl (C=O) groups excluding carboxylic acids is 1. The molecule has 28 heavy (non-hydrogen) atoms. The molecule has 0 radical (unpaired) electrons. The Morgan fingerprint density at radius 3 is 2.79 bits per heavy atom. The lowest BCUT2D eigenvalue weighted by Crippen LogP contribution is -2.70. The van der Waals surface area contributed by atoms with Gasteiger partial charge in [0, 0.05) is 49.5 Å². The van der Waals surface area contributed by atoms with E-state index < -0.39 is 0 Å². The number of likely N-dealkylation sites (tertiary alicyclic amines) is 1. The molecular weight excluding hydrogens is 350 g/mol. The van der Waals surface area contributed by atoms with Crippen LogP contribution in [0.4, 0.5) is 4.79 Å². The molecule has 0 saturated carbocycles. The molecule has 2 aliphatic rings. The van der Waals surface area contributed by atoms with Crippen molar-refractivity contribution in [2.45, 2.75) is 39.3 Å². The van der Waals surface area contributed by atoms with Crippen LogP contribution in [0.15, 0.2) is 48.7 Å². The average Bonchev–Trinajstić information content (AvgIpc) is 2.71. The van der Waals surface area contributed by atoms with E-state index in [0.29, 0.717) is 18.5 Å². The van der Waals surface area contributed by atoms with E-state index in [0.717, 1.165) is 49.4 Å². The highest BCUT2D eigenvalue weighted by Crippen LogP contribution is 2.48. The molecule has 1 atom stereocenters. The summed E-state index contributed by atoms with van der Waals surface area (Å²) in [6.07, 6.45) is 3.92. The van der Waals surface area contributed by atoms with Crippen LogP contribution in [0.25, 0.3) is 11.3 Å². The van der Waals surface area contributed by atoms with Gasteiger partial charge in [0.2, 0.25) is 0 Å². The Balaban J connectivity index is 1.40. The Labute approximate surface area is 167 Å². The monoisotopic (exact) mass is 379 g/mol. The molecule has 0 bridgehead atoms. The molecule has 5 nitrogen and oxygen atoms in total. The van der Waals surface area contributed by atoms with Crippen LogP contribution in [0.2, 0.25) is 0 Å². The first-order valence-electron chi connectivity index (χ1n) is 10.2. The smallest absolute Gasteiger partial charge is 0.317 e. The van der Waals surface area contributed by atoms with Crippen molar-refractivity contribution in [3.8, 4) is 11.3 Å². The summed E-state index contributed by atoms with van der Waals surface area (Å²) in [5.74, 6) is 0.449. The fraction of sp³-hybridized carbons (Fsp3) is 0.478. The molecule has 1 spiro atoms. The average molecular weight is 380 g/mol. The van der Waals surface area contributed by atoms with E-state index in [-0.39, 0.29) is 11.4 Å². The molecule has 1 aromatic heterocycles. The van der Waals surface area contributed by atoms with Crippen molar-refractivity contribution in [1.29, 1.82) is 0 Å². The molecule has 2 saturated heterocycles. The van der Waals surface area contributed by atoms with Crippen LogP contribution in [0, 0.1) is 11.3 Å². The number of benzene rings is 1. The molecule has 5 heteroatoms. The molecule has 2 aliphatic heterocycles. The summed E-state index contributed by atoms with van der Waals surface area (Å²) >= 11 is 0. The number of hydrogen-bond acceptors (Lipinski definition) is 3. The topological polar surface area (TPSA) is 54.5 Å². The molecular formula is C23H29N3O2. The van der Waals surface area contributed by atoms with E-state index in [1.165, 1.54) is 0 Å². The van der Waals surface area contributed by atoms with E-state index in [1.807, 2.05) is 41.3 Å². The number of pyridine rings is 1. The lowest BCUT2D eigenvalue weighted by molar-refractivity contribution is -0.124. The minimum absolute atomic E-state index is 0.0408. The van der Waals surface area contributed by atoms with E-state index in [1.54, 1.807) is 6.20 Å². The number of amides is 2. The highest BCUT2D eigenvalue weighted by atomic mass is 16.5. The van der Waals surface area contributed by atoms with Crippen molar-refractivity contribution in [3.05, 3.63) is 54.2 Å². The van der Waals surface area contributed by atoms with Gasteiger partial charge >= 0.3 is 6.03 Å². The third kappa shape index (κ3) is 3.63. The number of hydrogen-bond donors (Lipinski definition) is 1. The maximum atomic E-state index is 12.9. The van der Waals surface area contributed by atoms with Crippen molar-refractivity contribution in [1.82, 2.24) is 15.2 Å². The Bertz CT molecular complexity index is 816. The molecule has 148 valence electrons. The minimum Gasteiger partial charge on any atom is -0.381 e. The second-order valence-corrected chi connectivity index (χ2v) is 8.37. The van der Waals surface area contributed by atoms with Gasteiger partial charge in [-0.05, 0) is 42.5 Å². The number of nitrogens with one attached hydrogen (secondary N) is 1. The first-order chi connectivity index (χ1) is 13.6. The van der Waals surface area contributed by atoms with Crippen LogP contribution < -0.4 is 5.32 Å². The van der Waals surface area contributed by atoms with Crippen molar-refractivity contribution in [2.24, 2.45) is 11.3 Å². The molecule has 0 aliphatic carbocycles. The van der Waals surface area contributed by atoms with Gasteiger partial charge in [0.05, 0.1) is 5.69 Å². The molecule has 1 aromatic carbocycles. The predicted molar refractivity (Wildman–Crippen MR) is 110 cm³/mol. The summed E-state index contributed by atoms with van der Waals surface area (Å²) in [4.78, 5) is 19.3. The largest absolute Gasteiger partial charge is 0.381 e. The number of urea groups is 1. The van der Waals surface area contributed by atoms with Gasteiger partial charge in [-0.15, -0.1) is 0 Å². The van der Waals surface area contributed by atoms with Gasteiger partial charge in [0.25, 0.3) is 0 Å². The van der Waals surface area contributed by atoms with Crippen molar-refractivity contribution in [2.75, 3.05) is 19.8 Å². The first kappa shape index (κ1) is 18.9. The van der Waals surface area contributed by atoms with Crippen LogP contribution in [0.3, 0.4) is 0 Å². The molecule has 2 amide bonds. The van der Waals surface area contributed by atoms with Crippen molar-refractivity contribution in [3.63, 3.8) is 0 Å². The van der Waals surface area contributed by atoms with Gasteiger partial charge in [0.1, 0.15) is 0 Å². The van der Waals surface area contributed by atoms with Crippen LogP contribution in [-0.2, 0) is 11.3 Å².